The van der Waals surface area contributed by atoms with Crippen LogP contribution in [0.2, 0.25) is 5.02 Å². The summed E-state index contributed by atoms with van der Waals surface area (Å²) in [6.45, 7) is 5.06. The number of rotatable bonds is 8. The maximum absolute atomic E-state index is 13.3. The molecule has 1 aliphatic rings. The van der Waals surface area contributed by atoms with Crippen LogP contribution in [0.1, 0.15) is 25.0 Å². The van der Waals surface area contributed by atoms with Crippen molar-refractivity contribution < 1.29 is 18.7 Å². The second-order valence-electron chi connectivity index (χ2n) is 7.70. The summed E-state index contributed by atoms with van der Waals surface area (Å²) in [5, 5.41) is 1.21. The second-order valence-corrected chi connectivity index (χ2v) is 10.00. The molecule has 0 aliphatic carbocycles. The fraction of sp³-hybridized carbons (Fsp3) is 0.185. The van der Waals surface area contributed by atoms with Crippen molar-refractivity contribution in [3.63, 3.8) is 0 Å². The quantitative estimate of drug-likeness (QED) is 0.251. The van der Waals surface area contributed by atoms with Crippen molar-refractivity contribution in [2.45, 2.75) is 20.5 Å². The first-order chi connectivity index (χ1) is 17.4. The monoisotopic (exact) mass is 588 g/mol. The van der Waals surface area contributed by atoms with Crippen molar-refractivity contribution in [3.05, 3.63) is 92.0 Å². The number of thioether (sulfide) groups is 1. The molecule has 0 N–H and O–H groups in total. The Bertz CT molecular complexity index is 1310. The zero-order valence-electron chi connectivity index (χ0n) is 19.6. The molecule has 36 heavy (non-hydrogen) atoms. The summed E-state index contributed by atoms with van der Waals surface area (Å²) >= 11 is 10.8. The molecule has 1 aliphatic heterocycles. The van der Waals surface area contributed by atoms with Gasteiger partial charge in [-0.25, -0.2) is 9.38 Å². The van der Waals surface area contributed by atoms with Crippen molar-refractivity contribution in [2.24, 2.45) is 4.99 Å². The highest BCUT2D eigenvalue weighted by Crippen LogP contribution is 2.39. The second kappa shape index (κ2) is 12.0. The van der Waals surface area contributed by atoms with Crippen LogP contribution < -0.4 is 9.47 Å². The number of hydrogen-bond acceptors (Lipinski definition) is 5. The van der Waals surface area contributed by atoms with Crippen LogP contribution in [0.3, 0.4) is 0 Å². The number of carbonyl (C=O) groups excluding carboxylic acids is 1. The molecule has 0 spiro atoms. The Morgan fingerprint density at radius 1 is 1.06 bits per heavy atom. The van der Waals surface area contributed by atoms with Gasteiger partial charge >= 0.3 is 0 Å². The fourth-order valence-electron chi connectivity index (χ4n) is 3.42. The van der Waals surface area contributed by atoms with Crippen molar-refractivity contribution in [2.75, 3.05) is 13.2 Å². The summed E-state index contributed by atoms with van der Waals surface area (Å²) < 4.78 is 25.9. The molecule has 4 rings (SSSR count). The number of amides is 1. The first-order valence-electron chi connectivity index (χ1n) is 11.3. The van der Waals surface area contributed by atoms with Gasteiger partial charge in [-0.05, 0) is 91.3 Å². The van der Waals surface area contributed by atoms with Crippen LogP contribution in [-0.4, -0.2) is 29.1 Å². The lowest BCUT2D eigenvalue weighted by Gasteiger charge is -2.14. The number of carbonyl (C=O) groups is 1. The van der Waals surface area contributed by atoms with E-state index in [1.165, 1.54) is 23.9 Å². The molecule has 0 unspecified atom stereocenters. The Balaban J connectivity index is 1.60. The zero-order valence-corrected chi connectivity index (χ0v) is 22.8. The van der Waals surface area contributed by atoms with Crippen LogP contribution in [0.5, 0.6) is 11.5 Å². The molecule has 5 nitrogen and oxygen atoms in total. The molecule has 0 saturated carbocycles. The van der Waals surface area contributed by atoms with Crippen molar-refractivity contribution in [3.8, 4) is 11.5 Å². The van der Waals surface area contributed by atoms with E-state index in [1.807, 2.05) is 50.2 Å². The first kappa shape index (κ1) is 26.3. The standard InChI is InChI=1S/C27H23BrClFN2O3S/c1-3-32-26(33)25(36-27(32)31-21-11-9-20(30)10-12-21)14-18-13-23(34-4-2)24(15-22(18)28)35-16-17-5-7-19(29)8-6-17/h5-15H,3-4,16H2,1-2H3/b25-14+,31-27?. The maximum Gasteiger partial charge on any atom is 0.266 e. The molecular weight excluding hydrogens is 567 g/mol. The number of aliphatic imine (C=N–C) groups is 1. The number of nitrogens with zero attached hydrogens (tertiary/aromatic N) is 2. The summed E-state index contributed by atoms with van der Waals surface area (Å²) in [5.41, 5.74) is 2.32. The molecule has 1 saturated heterocycles. The van der Waals surface area contributed by atoms with Crippen LogP contribution in [-0.2, 0) is 11.4 Å². The molecule has 0 bridgehead atoms. The van der Waals surface area contributed by atoms with E-state index in [1.54, 1.807) is 23.1 Å². The number of likely N-dealkylation sites (N-methyl/N-ethyl adjacent to an activating group) is 1. The third-order valence-electron chi connectivity index (χ3n) is 5.21. The van der Waals surface area contributed by atoms with Gasteiger partial charge in [0.25, 0.3) is 5.91 Å². The van der Waals surface area contributed by atoms with Gasteiger partial charge in [0.15, 0.2) is 16.7 Å². The number of hydrogen-bond donors (Lipinski definition) is 0. The third-order valence-corrected chi connectivity index (χ3v) is 7.16. The van der Waals surface area contributed by atoms with Gasteiger partial charge in [0, 0.05) is 16.0 Å². The number of amidine groups is 1. The molecule has 9 heteroatoms. The molecule has 1 heterocycles. The largest absolute Gasteiger partial charge is 0.490 e. The highest BCUT2D eigenvalue weighted by atomic mass is 79.9. The summed E-state index contributed by atoms with van der Waals surface area (Å²) in [6.07, 6.45) is 1.80. The smallest absolute Gasteiger partial charge is 0.266 e. The Morgan fingerprint density at radius 3 is 2.42 bits per heavy atom. The van der Waals surface area contributed by atoms with Crippen LogP contribution in [0.15, 0.2) is 75.0 Å². The van der Waals surface area contributed by atoms with E-state index in [0.29, 0.717) is 52.0 Å². The molecule has 0 atom stereocenters. The average molecular weight is 590 g/mol. The molecule has 186 valence electrons. The first-order valence-corrected chi connectivity index (χ1v) is 13.3. The Hall–Kier alpha value is -2.81. The zero-order chi connectivity index (χ0) is 25.7. The molecule has 1 amide bonds. The van der Waals surface area contributed by atoms with Crippen LogP contribution in [0.4, 0.5) is 10.1 Å². The van der Waals surface area contributed by atoms with E-state index in [-0.39, 0.29) is 11.7 Å². The molecule has 0 aromatic heterocycles. The Labute approximate surface area is 227 Å². The minimum atomic E-state index is -0.336. The van der Waals surface area contributed by atoms with Crippen molar-refractivity contribution in [1.29, 1.82) is 0 Å². The lowest BCUT2D eigenvalue weighted by atomic mass is 10.1. The van der Waals surface area contributed by atoms with Gasteiger partial charge < -0.3 is 9.47 Å². The Kier molecular flexibility index (Phi) is 8.72. The Morgan fingerprint density at radius 2 is 1.75 bits per heavy atom. The van der Waals surface area contributed by atoms with Crippen LogP contribution in [0, 0.1) is 5.82 Å². The van der Waals surface area contributed by atoms with Gasteiger partial charge in [0.1, 0.15) is 12.4 Å². The topological polar surface area (TPSA) is 51.1 Å². The van der Waals surface area contributed by atoms with E-state index in [0.717, 1.165) is 15.6 Å². The van der Waals surface area contributed by atoms with E-state index in [9.17, 15) is 9.18 Å². The lowest BCUT2D eigenvalue weighted by Crippen LogP contribution is -2.28. The van der Waals surface area contributed by atoms with E-state index in [4.69, 9.17) is 21.1 Å². The predicted molar refractivity (Wildman–Crippen MR) is 148 cm³/mol. The van der Waals surface area contributed by atoms with Crippen LogP contribution >= 0.6 is 39.3 Å². The van der Waals surface area contributed by atoms with Gasteiger partial charge in [-0.3, -0.25) is 9.69 Å². The summed E-state index contributed by atoms with van der Waals surface area (Å²) in [5.74, 6) is 0.679. The predicted octanol–water partition coefficient (Wildman–Crippen LogP) is 7.84. The van der Waals surface area contributed by atoms with Crippen LogP contribution in [0.25, 0.3) is 6.08 Å². The number of halogens is 3. The minimum absolute atomic E-state index is 0.142. The van der Waals surface area contributed by atoms with Crippen molar-refractivity contribution >= 4 is 62.1 Å². The number of benzene rings is 3. The summed E-state index contributed by atoms with van der Waals surface area (Å²) in [7, 11) is 0. The van der Waals surface area contributed by atoms with Gasteiger partial charge in [-0.15, -0.1) is 0 Å². The molecule has 3 aromatic carbocycles. The molecule has 1 fully saturated rings. The summed E-state index contributed by atoms with van der Waals surface area (Å²) in [6, 6.07) is 17.0. The van der Waals surface area contributed by atoms with Gasteiger partial charge in [0.05, 0.1) is 17.2 Å². The molecular formula is C27H23BrClFN2O3S. The van der Waals surface area contributed by atoms with E-state index in [2.05, 4.69) is 20.9 Å². The van der Waals surface area contributed by atoms with Gasteiger partial charge in [-0.2, -0.15) is 0 Å². The van der Waals surface area contributed by atoms with Crippen molar-refractivity contribution in [1.82, 2.24) is 4.90 Å². The average Bonchev–Trinajstić information content (AvgIpc) is 3.16. The van der Waals surface area contributed by atoms with Gasteiger partial charge in [-0.1, -0.05) is 39.7 Å². The highest BCUT2D eigenvalue weighted by molar-refractivity contribution is 9.10. The van der Waals surface area contributed by atoms with E-state index >= 15 is 0 Å². The molecule has 3 aromatic rings. The number of ether oxygens (including phenoxy) is 2. The SMILES string of the molecule is CCOc1cc(/C=C2/SC(=Nc3ccc(F)cc3)N(CC)C2=O)c(Br)cc1OCc1ccc(Cl)cc1. The van der Waals surface area contributed by atoms with E-state index < -0.39 is 0 Å². The molecule has 0 radical (unpaired) electrons. The third kappa shape index (κ3) is 6.30. The maximum atomic E-state index is 13.3. The highest BCUT2D eigenvalue weighted by Gasteiger charge is 2.32. The van der Waals surface area contributed by atoms with Gasteiger partial charge in [0.2, 0.25) is 0 Å². The summed E-state index contributed by atoms with van der Waals surface area (Å²) in [4.78, 5) is 19.8. The fourth-order valence-corrected chi connectivity index (χ4v) is 5.04. The lowest BCUT2D eigenvalue weighted by molar-refractivity contribution is -0.122. The normalized spacial score (nSPS) is 15.7. The minimum Gasteiger partial charge on any atom is -0.490 e.